The minimum Gasteiger partial charge on any atom is -0.494 e. The quantitative estimate of drug-likeness (QED) is 0.422. The molecule has 1 unspecified atom stereocenters. The van der Waals surface area contributed by atoms with Gasteiger partial charge in [0.2, 0.25) is 0 Å². The summed E-state index contributed by atoms with van der Waals surface area (Å²) in [4.78, 5) is 0. The van der Waals surface area contributed by atoms with Gasteiger partial charge in [0.25, 0.3) is 0 Å². The number of hydrogen-bond donors (Lipinski definition) is 2. The van der Waals surface area contributed by atoms with Crippen LogP contribution in [0.1, 0.15) is 18.9 Å². The summed E-state index contributed by atoms with van der Waals surface area (Å²) in [7, 11) is 1.45. The zero-order chi connectivity index (χ0) is 13.4. The Kier molecular flexibility index (Phi) is 6.64. The Morgan fingerprint density at radius 1 is 1.44 bits per heavy atom. The molecule has 1 aromatic rings. The molecule has 3 N–H and O–H groups in total. The molecule has 0 aliphatic carbocycles. The van der Waals surface area contributed by atoms with Crippen LogP contribution in [0.15, 0.2) is 18.2 Å². The lowest BCUT2D eigenvalue weighted by molar-refractivity contribution is 0.136. The largest absolute Gasteiger partial charge is 0.494 e. The summed E-state index contributed by atoms with van der Waals surface area (Å²) < 4.78 is 23.7. The second-order valence-electron chi connectivity index (χ2n) is 4.02. The van der Waals surface area contributed by atoms with Crippen molar-refractivity contribution in [2.45, 2.75) is 25.8 Å². The maximum atomic E-state index is 13.5. The maximum Gasteiger partial charge on any atom is 0.165 e. The van der Waals surface area contributed by atoms with Gasteiger partial charge in [0, 0.05) is 19.3 Å². The fraction of sp³-hybridized carbons (Fsp3) is 0.538. The molecular weight excluding hydrogens is 235 g/mol. The van der Waals surface area contributed by atoms with Crippen LogP contribution in [0, 0.1) is 5.82 Å². The molecule has 0 amide bonds. The molecule has 0 saturated carbocycles. The number of methoxy groups -OCH3 is 1. The summed E-state index contributed by atoms with van der Waals surface area (Å²) in [6.07, 6.45) is 1.45. The molecule has 0 aliphatic heterocycles. The molecule has 1 atom stereocenters. The molecule has 1 rings (SSSR count). The number of benzene rings is 1. The van der Waals surface area contributed by atoms with Crippen LogP contribution >= 0.6 is 0 Å². The van der Waals surface area contributed by atoms with E-state index in [-0.39, 0.29) is 17.6 Å². The number of nitrogens with two attached hydrogens (primary N) is 1. The highest BCUT2D eigenvalue weighted by Crippen LogP contribution is 2.18. The normalized spacial score (nSPS) is 12.4. The van der Waals surface area contributed by atoms with Crippen molar-refractivity contribution in [2.24, 2.45) is 5.84 Å². The number of hydrazine groups is 1. The zero-order valence-electron chi connectivity index (χ0n) is 10.9. The van der Waals surface area contributed by atoms with Gasteiger partial charge in [-0.3, -0.25) is 11.3 Å². The number of halogens is 1. The van der Waals surface area contributed by atoms with Gasteiger partial charge in [-0.2, -0.15) is 0 Å². The van der Waals surface area contributed by atoms with E-state index in [9.17, 15) is 4.39 Å². The van der Waals surface area contributed by atoms with Crippen molar-refractivity contribution in [3.8, 4) is 5.75 Å². The highest BCUT2D eigenvalue weighted by Gasteiger charge is 2.10. The van der Waals surface area contributed by atoms with Gasteiger partial charge in [0.1, 0.15) is 0 Å². The van der Waals surface area contributed by atoms with Crippen molar-refractivity contribution >= 4 is 0 Å². The first kappa shape index (κ1) is 14.9. The molecule has 1 aromatic carbocycles. The molecule has 0 aromatic heterocycles. The first-order valence-electron chi connectivity index (χ1n) is 6.07. The molecule has 18 heavy (non-hydrogen) atoms. The first-order chi connectivity index (χ1) is 8.71. The van der Waals surface area contributed by atoms with Crippen LogP contribution < -0.4 is 16.0 Å². The molecule has 0 heterocycles. The fourth-order valence-electron chi connectivity index (χ4n) is 1.74. The van der Waals surface area contributed by atoms with Crippen molar-refractivity contribution in [1.82, 2.24) is 5.43 Å². The van der Waals surface area contributed by atoms with E-state index >= 15 is 0 Å². The third-order valence-corrected chi connectivity index (χ3v) is 2.75. The summed E-state index contributed by atoms with van der Waals surface area (Å²) in [5, 5.41) is 0. The summed E-state index contributed by atoms with van der Waals surface area (Å²) in [5.74, 6) is 5.38. The van der Waals surface area contributed by atoms with Crippen LogP contribution in [0.25, 0.3) is 0 Å². The van der Waals surface area contributed by atoms with Gasteiger partial charge < -0.3 is 9.47 Å². The standard InChI is InChI=1S/C13H21FN2O2/c1-3-18-7-6-11(16-15)8-10-4-5-13(17-2)12(14)9-10/h4-5,9,11,16H,3,6-8,15H2,1-2H3. The SMILES string of the molecule is CCOCCC(Cc1ccc(OC)c(F)c1)NN. The van der Waals surface area contributed by atoms with Gasteiger partial charge in [0.05, 0.1) is 7.11 Å². The number of hydrogen-bond acceptors (Lipinski definition) is 4. The lowest BCUT2D eigenvalue weighted by atomic mass is 10.0. The van der Waals surface area contributed by atoms with Gasteiger partial charge in [-0.25, -0.2) is 4.39 Å². The zero-order valence-corrected chi connectivity index (χ0v) is 10.9. The predicted molar refractivity (Wildman–Crippen MR) is 68.9 cm³/mol. The second kappa shape index (κ2) is 8.02. The molecule has 5 heteroatoms. The van der Waals surface area contributed by atoms with Crippen molar-refractivity contribution in [1.29, 1.82) is 0 Å². The van der Waals surface area contributed by atoms with Gasteiger partial charge in [-0.15, -0.1) is 0 Å². The molecule has 4 nitrogen and oxygen atoms in total. The third-order valence-electron chi connectivity index (χ3n) is 2.75. The monoisotopic (exact) mass is 256 g/mol. The molecule has 0 radical (unpaired) electrons. The van der Waals surface area contributed by atoms with Crippen LogP contribution in [0.2, 0.25) is 0 Å². The summed E-state index contributed by atoms with van der Waals surface area (Å²) in [6, 6.07) is 5.02. The Balaban J connectivity index is 2.55. The molecule has 0 spiro atoms. The van der Waals surface area contributed by atoms with Crippen LogP contribution in [0.3, 0.4) is 0 Å². The topological polar surface area (TPSA) is 56.5 Å². The Hall–Kier alpha value is -1.17. The lowest BCUT2D eigenvalue weighted by Gasteiger charge is -2.16. The van der Waals surface area contributed by atoms with E-state index in [1.807, 2.05) is 13.0 Å². The Morgan fingerprint density at radius 2 is 2.22 bits per heavy atom. The Labute approximate surface area is 107 Å². The van der Waals surface area contributed by atoms with Crippen molar-refractivity contribution in [3.05, 3.63) is 29.6 Å². The van der Waals surface area contributed by atoms with Crippen LogP contribution in [-0.4, -0.2) is 26.4 Å². The average Bonchev–Trinajstić information content (AvgIpc) is 2.38. The Morgan fingerprint density at radius 3 is 2.78 bits per heavy atom. The highest BCUT2D eigenvalue weighted by molar-refractivity contribution is 5.29. The van der Waals surface area contributed by atoms with Crippen molar-refractivity contribution in [2.75, 3.05) is 20.3 Å². The fourth-order valence-corrected chi connectivity index (χ4v) is 1.74. The summed E-state index contributed by atoms with van der Waals surface area (Å²) in [5.41, 5.74) is 3.61. The average molecular weight is 256 g/mol. The Bertz CT molecular complexity index is 361. The minimum atomic E-state index is -0.351. The molecule has 0 bridgehead atoms. The van der Waals surface area contributed by atoms with Crippen molar-refractivity contribution < 1.29 is 13.9 Å². The van der Waals surface area contributed by atoms with E-state index in [2.05, 4.69) is 5.43 Å². The summed E-state index contributed by atoms with van der Waals surface area (Å²) in [6.45, 7) is 3.28. The molecule has 102 valence electrons. The van der Waals surface area contributed by atoms with Crippen LogP contribution in [0.5, 0.6) is 5.75 Å². The predicted octanol–water partition coefficient (Wildman–Crippen LogP) is 1.64. The maximum absolute atomic E-state index is 13.5. The van der Waals surface area contributed by atoms with Crippen LogP contribution in [-0.2, 0) is 11.2 Å². The van der Waals surface area contributed by atoms with E-state index in [1.165, 1.54) is 13.2 Å². The van der Waals surface area contributed by atoms with Crippen LogP contribution in [0.4, 0.5) is 4.39 Å². The first-order valence-corrected chi connectivity index (χ1v) is 6.07. The van der Waals surface area contributed by atoms with Gasteiger partial charge in [-0.05, 0) is 37.5 Å². The number of nitrogens with one attached hydrogen (secondary N) is 1. The highest BCUT2D eigenvalue weighted by atomic mass is 19.1. The molecule has 0 aliphatic rings. The van der Waals surface area contributed by atoms with E-state index in [1.54, 1.807) is 6.07 Å². The molecular formula is C13H21FN2O2. The van der Waals surface area contributed by atoms with E-state index in [4.69, 9.17) is 15.3 Å². The minimum absolute atomic E-state index is 0.0735. The molecule has 0 saturated heterocycles. The second-order valence-corrected chi connectivity index (χ2v) is 4.02. The van der Waals surface area contributed by atoms with Crippen molar-refractivity contribution in [3.63, 3.8) is 0 Å². The van der Waals surface area contributed by atoms with Gasteiger partial charge in [-0.1, -0.05) is 6.07 Å². The lowest BCUT2D eigenvalue weighted by Crippen LogP contribution is -2.37. The van der Waals surface area contributed by atoms with Gasteiger partial charge in [0.15, 0.2) is 11.6 Å². The number of ether oxygens (including phenoxy) is 2. The van der Waals surface area contributed by atoms with Gasteiger partial charge >= 0.3 is 0 Å². The third kappa shape index (κ3) is 4.60. The van der Waals surface area contributed by atoms with E-state index in [0.29, 0.717) is 19.6 Å². The summed E-state index contributed by atoms with van der Waals surface area (Å²) >= 11 is 0. The smallest absolute Gasteiger partial charge is 0.165 e. The van der Waals surface area contributed by atoms with E-state index < -0.39 is 0 Å². The number of rotatable bonds is 8. The molecule has 0 fully saturated rings. The van der Waals surface area contributed by atoms with E-state index in [0.717, 1.165) is 12.0 Å².